The molecule has 0 radical (unpaired) electrons. The summed E-state index contributed by atoms with van der Waals surface area (Å²) in [6.07, 6.45) is 3.64. The minimum Gasteiger partial charge on any atom is -0.481 e. The number of methoxy groups -OCH3 is 1. The van der Waals surface area contributed by atoms with Gasteiger partial charge in [-0.3, -0.25) is 4.79 Å². The van der Waals surface area contributed by atoms with Crippen LogP contribution in [0.5, 0.6) is 0 Å². The first kappa shape index (κ1) is 18.4. The maximum absolute atomic E-state index is 11.0. The Balaban J connectivity index is 2.48. The highest BCUT2D eigenvalue weighted by atomic mass is 16.7. The van der Waals surface area contributed by atoms with E-state index in [0.29, 0.717) is 13.2 Å². The molecule has 0 aliphatic heterocycles. The summed E-state index contributed by atoms with van der Waals surface area (Å²) >= 11 is 0. The fourth-order valence-corrected chi connectivity index (χ4v) is 1.89. The topological polar surface area (TPSA) is 65.0 Å². The lowest BCUT2D eigenvalue weighted by Crippen LogP contribution is -2.12. The first-order chi connectivity index (χ1) is 10.6. The SMILES string of the molecule is COCCOCO[C@@H](C)/C=C/[C@H](CC(=O)O)c1ccccc1. The summed E-state index contributed by atoms with van der Waals surface area (Å²) in [5, 5.41) is 9.04. The van der Waals surface area contributed by atoms with Gasteiger partial charge in [-0.15, -0.1) is 0 Å². The van der Waals surface area contributed by atoms with Gasteiger partial charge in [0.15, 0.2) is 0 Å². The molecule has 0 aliphatic rings. The molecule has 0 saturated carbocycles. The van der Waals surface area contributed by atoms with Crippen LogP contribution in [0.15, 0.2) is 42.5 Å². The van der Waals surface area contributed by atoms with Gasteiger partial charge in [0.05, 0.1) is 25.7 Å². The van der Waals surface area contributed by atoms with Gasteiger partial charge in [-0.2, -0.15) is 0 Å². The fraction of sp³-hybridized carbons (Fsp3) is 0.471. The van der Waals surface area contributed by atoms with E-state index >= 15 is 0 Å². The zero-order chi connectivity index (χ0) is 16.2. The summed E-state index contributed by atoms with van der Waals surface area (Å²) in [6.45, 7) is 3.09. The second-order valence-electron chi connectivity index (χ2n) is 4.89. The fourth-order valence-electron chi connectivity index (χ4n) is 1.89. The quantitative estimate of drug-likeness (QED) is 0.387. The molecule has 1 aromatic carbocycles. The summed E-state index contributed by atoms with van der Waals surface area (Å²) < 4.78 is 15.6. The van der Waals surface area contributed by atoms with Gasteiger partial charge in [0.2, 0.25) is 0 Å². The van der Waals surface area contributed by atoms with Crippen molar-refractivity contribution in [2.45, 2.75) is 25.4 Å². The number of ether oxygens (including phenoxy) is 3. The predicted octanol–water partition coefficient (Wildman–Crippen LogP) is 2.83. The van der Waals surface area contributed by atoms with Crippen molar-refractivity contribution >= 4 is 5.97 Å². The van der Waals surface area contributed by atoms with Gasteiger partial charge in [0.1, 0.15) is 6.79 Å². The summed E-state index contributed by atoms with van der Waals surface area (Å²) in [6, 6.07) is 9.58. The Labute approximate surface area is 131 Å². The number of benzene rings is 1. The van der Waals surface area contributed by atoms with Crippen LogP contribution in [0, 0.1) is 0 Å². The molecule has 5 nitrogen and oxygen atoms in total. The largest absolute Gasteiger partial charge is 0.481 e. The number of carboxylic acids is 1. The van der Waals surface area contributed by atoms with E-state index in [1.165, 1.54) is 0 Å². The van der Waals surface area contributed by atoms with Gasteiger partial charge in [-0.1, -0.05) is 42.5 Å². The van der Waals surface area contributed by atoms with Crippen molar-refractivity contribution in [3.8, 4) is 0 Å². The molecule has 122 valence electrons. The number of hydrogen-bond donors (Lipinski definition) is 1. The molecule has 1 rings (SSSR count). The van der Waals surface area contributed by atoms with Gasteiger partial charge in [0, 0.05) is 13.0 Å². The van der Waals surface area contributed by atoms with Crippen LogP contribution in [0.3, 0.4) is 0 Å². The number of allylic oxidation sites excluding steroid dienone is 1. The summed E-state index contributed by atoms with van der Waals surface area (Å²) in [7, 11) is 1.61. The summed E-state index contributed by atoms with van der Waals surface area (Å²) in [5.41, 5.74) is 0.977. The van der Waals surface area contributed by atoms with Gasteiger partial charge < -0.3 is 19.3 Å². The number of carboxylic acid groups (broad SMARTS) is 1. The van der Waals surface area contributed by atoms with E-state index in [1.807, 2.05) is 49.4 Å². The van der Waals surface area contributed by atoms with Crippen LogP contribution in [0.4, 0.5) is 0 Å². The zero-order valence-electron chi connectivity index (χ0n) is 13.1. The molecule has 0 amide bonds. The van der Waals surface area contributed by atoms with Crippen molar-refractivity contribution in [3.05, 3.63) is 48.0 Å². The van der Waals surface area contributed by atoms with Crippen molar-refractivity contribution < 1.29 is 24.1 Å². The highest BCUT2D eigenvalue weighted by Gasteiger charge is 2.12. The molecule has 0 fully saturated rings. The van der Waals surface area contributed by atoms with Crippen LogP contribution >= 0.6 is 0 Å². The van der Waals surface area contributed by atoms with Crippen molar-refractivity contribution in [1.82, 2.24) is 0 Å². The van der Waals surface area contributed by atoms with E-state index in [9.17, 15) is 4.79 Å². The Bertz CT molecular complexity index is 444. The minimum absolute atomic E-state index is 0.0531. The molecular weight excluding hydrogens is 284 g/mol. The first-order valence-electron chi connectivity index (χ1n) is 7.26. The molecule has 5 heteroatoms. The van der Waals surface area contributed by atoms with Gasteiger partial charge in [-0.05, 0) is 12.5 Å². The Morgan fingerprint density at radius 1 is 1.23 bits per heavy atom. The molecule has 22 heavy (non-hydrogen) atoms. The Kier molecular flexibility index (Phi) is 9.14. The highest BCUT2D eigenvalue weighted by molar-refractivity contribution is 5.68. The van der Waals surface area contributed by atoms with Crippen LogP contribution in [-0.2, 0) is 19.0 Å². The molecule has 1 N–H and O–H groups in total. The molecule has 0 spiro atoms. The molecule has 0 bridgehead atoms. The molecule has 1 aromatic rings. The zero-order valence-corrected chi connectivity index (χ0v) is 13.1. The van der Waals surface area contributed by atoms with E-state index in [4.69, 9.17) is 19.3 Å². The average Bonchev–Trinajstić information content (AvgIpc) is 2.51. The number of hydrogen-bond acceptors (Lipinski definition) is 4. The summed E-state index contributed by atoms with van der Waals surface area (Å²) in [4.78, 5) is 11.0. The van der Waals surface area contributed by atoms with Crippen LogP contribution in [0.1, 0.15) is 24.8 Å². The van der Waals surface area contributed by atoms with Crippen LogP contribution in [-0.4, -0.2) is 44.3 Å². The molecule has 0 saturated heterocycles. The number of carbonyl (C=O) groups is 1. The second kappa shape index (κ2) is 11.0. The molecule has 2 atom stereocenters. The van der Waals surface area contributed by atoms with Crippen molar-refractivity contribution in [2.24, 2.45) is 0 Å². The number of aliphatic carboxylic acids is 1. The normalized spacial score (nSPS) is 14.1. The van der Waals surface area contributed by atoms with Gasteiger partial charge in [-0.25, -0.2) is 0 Å². The van der Waals surface area contributed by atoms with Crippen LogP contribution in [0.25, 0.3) is 0 Å². The van der Waals surface area contributed by atoms with Crippen molar-refractivity contribution in [3.63, 3.8) is 0 Å². The third kappa shape index (κ3) is 7.93. The lowest BCUT2D eigenvalue weighted by atomic mass is 9.95. The van der Waals surface area contributed by atoms with E-state index in [-0.39, 0.29) is 25.2 Å². The average molecular weight is 308 g/mol. The van der Waals surface area contributed by atoms with Crippen molar-refractivity contribution in [2.75, 3.05) is 27.1 Å². The number of rotatable bonds is 11. The van der Waals surface area contributed by atoms with E-state index in [2.05, 4.69) is 0 Å². The molecular formula is C17H24O5. The maximum Gasteiger partial charge on any atom is 0.304 e. The highest BCUT2D eigenvalue weighted by Crippen LogP contribution is 2.21. The second-order valence-corrected chi connectivity index (χ2v) is 4.89. The monoisotopic (exact) mass is 308 g/mol. The Morgan fingerprint density at radius 3 is 2.59 bits per heavy atom. The van der Waals surface area contributed by atoms with Gasteiger partial charge in [0.25, 0.3) is 0 Å². The standard InChI is InChI=1S/C17H24O5/c1-14(22-13-21-11-10-20-2)8-9-16(12-17(18)19)15-6-4-3-5-7-15/h3-9,14,16H,10-13H2,1-2H3,(H,18,19)/b9-8+/t14-,16+/m0/s1. The van der Waals surface area contributed by atoms with E-state index < -0.39 is 5.97 Å². The third-order valence-corrected chi connectivity index (χ3v) is 3.08. The van der Waals surface area contributed by atoms with Gasteiger partial charge >= 0.3 is 5.97 Å². The Morgan fingerprint density at radius 2 is 1.95 bits per heavy atom. The molecule has 0 aromatic heterocycles. The molecule has 0 aliphatic carbocycles. The van der Waals surface area contributed by atoms with Crippen LogP contribution < -0.4 is 0 Å². The predicted molar refractivity (Wildman–Crippen MR) is 83.8 cm³/mol. The lowest BCUT2D eigenvalue weighted by Gasteiger charge is -2.13. The summed E-state index contributed by atoms with van der Waals surface area (Å²) in [5.74, 6) is -0.992. The third-order valence-electron chi connectivity index (χ3n) is 3.08. The van der Waals surface area contributed by atoms with Crippen LogP contribution in [0.2, 0.25) is 0 Å². The Hall–Kier alpha value is -1.69. The molecule has 0 unspecified atom stereocenters. The van der Waals surface area contributed by atoms with E-state index in [0.717, 1.165) is 5.56 Å². The van der Waals surface area contributed by atoms with Crippen molar-refractivity contribution in [1.29, 1.82) is 0 Å². The molecule has 0 heterocycles. The minimum atomic E-state index is -0.824. The smallest absolute Gasteiger partial charge is 0.304 e. The van der Waals surface area contributed by atoms with E-state index in [1.54, 1.807) is 7.11 Å². The lowest BCUT2D eigenvalue weighted by molar-refractivity contribution is -0.137. The maximum atomic E-state index is 11.0. The first-order valence-corrected chi connectivity index (χ1v) is 7.26.